The Morgan fingerprint density at radius 1 is 0.252 bits per heavy atom. The number of esters is 6. The Kier molecular flexibility index (Phi) is 48.6. The first-order chi connectivity index (χ1) is 59.1. The first-order valence-electron chi connectivity index (χ1n) is 49.4. The van der Waals surface area contributed by atoms with Crippen molar-refractivity contribution in [1.82, 2.24) is 0 Å². The second kappa shape index (κ2) is 55.9. The molecule has 8 bridgehead atoms. The SMILES string of the molecule is CCCC[N+](CC)(CCC)CCOC(=O)C12CC3CC(CC(C3)C1)C2.CCCC[N+](CC)(CCC)CCOC(=O)c1ccccc1.CCC[N+](CC)(CCC)CCOC(=O)C12CC3CC(CC(C3)C1)C2.CCC[N+](CC)(CCC)CCOC(=O)c1ccccc1.CC[N+](CC)(CC)CCOC(=O)c1ccccc1.C[N+](C)(C)CCOC(=O)c1ccccc1. The molecule has 2 unspecified atom stereocenters. The maximum absolute atomic E-state index is 13.0. The Hall–Kier alpha value is -6.54. The highest BCUT2D eigenvalue weighted by molar-refractivity contribution is 5.90. The van der Waals surface area contributed by atoms with Crippen molar-refractivity contribution < 1.29 is 84.1 Å². The number of rotatable bonds is 49. The van der Waals surface area contributed by atoms with Crippen molar-refractivity contribution in [3.63, 3.8) is 0 Å². The van der Waals surface area contributed by atoms with Crippen LogP contribution in [-0.4, -0.2) is 261 Å². The number of likely N-dealkylation sites (N-methyl/N-ethyl adjacent to an activating group) is 6. The minimum atomic E-state index is -0.246. The van der Waals surface area contributed by atoms with E-state index in [9.17, 15) is 28.8 Å². The molecule has 0 aromatic heterocycles. The monoisotopic (exact) mass is 1720 g/mol. The van der Waals surface area contributed by atoms with Crippen molar-refractivity contribution in [3.05, 3.63) is 144 Å². The van der Waals surface area contributed by atoms with E-state index in [1.807, 2.05) is 72.8 Å². The van der Waals surface area contributed by atoms with Gasteiger partial charge in [0.25, 0.3) is 0 Å². The molecule has 0 heterocycles. The van der Waals surface area contributed by atoms with Crippen molar-refractivity contribution >= 4 is 35.8 Å². The molecular weight excluding hydrogens is 1540 g/mol. The average Bonchev–Trinajstić information content (AvgIpc) is 0.746. The zero-order chi connectivity index (χ0) is 90.3. The van der Waals surface area contributed by atoms with Gasteiger partial charge in [-0.3, -0.25) is 9.59 Å². The Morgan fingerprint density at radius 2 is 0.447 bits per heavy atom. The predicted molar refractivity (Wildman–Crippen MR) is 503 cm³/mol. The fraction of sp³-hybridized carbons (Fsp3) is 0.714. The van der Waals surface area contributed by atoms with Gasteiger partial charge in [-0.15, -0.1) is 0 Å². The third kappa shape index (κ3) is 35.6. The fourth-order valence-electron chi connectivity index (χ4n) is 21.9. The van der Waals surface area contributed by atoms with E-state index >= 15 is 0 Å². The normalized spacial score (nSPS) is 21.2. The number of carbonyl (C=O) groups excluding carboxylic acids is 6. The highest BCUT2D eigenvalue weighted by Crippen LogP contribution is 2.62. The minimum Gasteiger partial charge on any atom is -0.459 e. The summed E-state index contributed by atoms with van der Waals surface area (Å²) in [5.41, 5.74) is 2.32. The number of nitrogens with zero attached hydrogens (tertiary/aromatic N) is 6. The maximum Gasteiger partial charge on any atom is 0.338 e. The predicted octanol–water partition coefficient (Wildman–Crippen LogP) is 20.9. The summed E-state index contributed by atoms with van der Waals surface area (Å²) in [5.74, 6) is 4.30. The zero-order valence-electron chi connectivity index (χ0n) is 81.2. The minimum absolute atomic E-state index is 0.0911. The molecule has 8 aliphatic rings. The van der Waals surface area contributed by atoms with Crippen molar-refractivity contribution in [2.24, 2.45) is 46.3 Å². The summed E-state index contributed by atoms with van der Waals surface area (Å²) in [7, 11) is 6.20. The lowest BCUT2D eigenvalue weighted by Crippen LogP contribution is -2.53. The van der Waals surface area contributed by atoms with Crippen LogP contribution in [0.15, 0.2) is 121 Å². The number of benzene rings is 4. The molecule has 0 spiro atoms. The van der Waals surface area contributed by atoms with Gasteiger partial charge in [0, 0.05) is 0 Å². The molecule has 18 heteroatoms. The standard InChI is InChI=1S/C22H40NO2.C21H38NO2.C18H30NO2.C17H28NO2.C15H24NO2.C12H18NO2/c1-4-7-9-23(6-3,8-5-2)10-11-25-21(24)22-15-18-12-19(16-22)14-20(13-18)17-22;1-4-7-22(6-3,8-5-2)9-10-24-20(23)21-14-17-11-18(15-21)13-19(12-17)16-21;1-4-7-14-19(6-3,13-5-2)15-16-21-18(20)17-11-9-8-10-12-17;1-4-12-18(6-3,13-5-2)14-15-20-17(19)16-10-8-7-9-11-16;1-4-16(5-2,6-3)12-13-18-15(17)14-10-8-7-9-11-14;1-13(2,3)9-10-15-12(14)11-7-5-4-6-8-11/h18-20H,4-17H2,1-3H3;17-19H,4-16H2,1-3H3;8-12H,4-7,13-16H2,1-3H3;7-11H,4-6,12-15H2,1-3H3;7-11H,4-6,12-13H2,1-3H3;4-8H,9-10H2,1-3H3/q6*+1. The molecule has 0 radical (unpaired) electrons. The van der Waals surface area contributed by atoms with Crippen molar-refractivity contribution in [2.75, 3.05) is 198 Å². The lowest BCUT2D eigenvalue weighted by atomic mass is 9.49. The van der Waals surface area contributed by atoms with E-state index in [0.29, 0.717) is 61.9 Å². The van der Waals surface area contributed by atoms with E-state index in [2.05, 4.69) is 125 Å². The Labute approximate surface area is 749 Å². The Bertz CT molecular complexity index is 3480. The first kappa shape index (κ1) is 107. The number of ether oxygens (including phenoxy) is 6. The molecule has 0 aliphatic heterocycles. The molecule has 18 nitrogen and oxygen atoms in total. The highest BCUT2D eigenvalue weighted by Gasteiger charge is 2.57. The highest BCUT2D eigenvalue weighted by atomic mass is 16.6. The van der Waals surface area contributed by atoms with Crippen LogP contribution in [0.5, 0.6) is 0 Å². The summed E-state index contributed by atoms with van der Waals surface area (Å²) in [4.78, 5) is 73.1. The van der Waals surface area contributed by atoms with E-state index in [0.717, 1.165) is 199 Å². The van der Waals surface area contributed by atoms with Crippen LogP contribution in [0.25, 0.3) is 0 Å². The molecule has 123 heavy (non-hydrogen) atoms. The number of unbranched alkanes of at least 4 members (excludes halogenated alkanes) is 2. The second-order valence-corrected chi connectivity index (χ2v) is 38.7. The van der Waals surface area contributed by atoms with E-state index in [-0.39, 0.29) is 46.6 Å². The van der Waals surface area contributed by atoms with Crippen LogP contribution in [0.3, 0.4) is 0 Å². The van der Waals surface area contributed by atoms with Crippen molar-refractivity contribution in [2.45, 2.75) is 245 Å². The molecular formula is C105H178N6O12+6. The average molecular weight is 1720 g/mol. The molecule has 12 rings (SSSR count). The second-order valence-electron chi connectivity index (χ2n) is 38.7. The number of hydrogen-bond donors (Lipinski definition) is 0. The fourth-order valence-corrected chi connectivity index (χ4v) is 21.9. The first-order valence-corrected chi connectivity index (χ1v) is 49.4. The smallest absolute Gasteiger partial charge is 0.338 e. The van der Waals surface area contributed by atoms with Gasteiger partial charge >= 0.3 is 35.8 Å². The summed E-state index contributed by atoms with van der Waals surface area (Å²) >= 11 is 0. The molecule has 4 aromatic rings. The summed E-state index contributed by atoms with van der Waals surface area (Å²) in [5, 5.41) is 0. The van der Waals surface area contributed by atoms with Crippen LogP contribution >= 0.6 is 0 Å². The largest absolute Gasteiger partial charge is 0.459 e. The van der Waals surface area contributed by atoms with E-state index in [1.165, 1.54) is 142 Å². The van der Waals surface area contributed by atoms with Crippen molar-refractivity contribution in [3.8, 4) is 0 Å². The molecule has 8 aliphatic carbocycles. The third-order valence-corrected chi connectivity index (χ3v) is 28.8. The number of carbonyl (C=O) groups is 6. The van der Waals surface area contributed by atoms with Crippen LogP contribution in [-0.2, 0) is 38.0 Å². The molecule has 8 saturated carbocycles. The Balaban J connectivity index is 0.000000264. The van der Waals surface area contributed by atoms with Gasteiger partial charge in [-0.1, -0.05) is 141 Å². The quantitative estimate of drug-likeness (QED) is 0.0234. The van der Waals surface area contributed by atoms with Crippen molar-refractivity contribution in [1.29, 1.82) is 0 Å². The number of quaternary nitrogens is 6. The Morgan fingerprint density at radius 3 is 0.642 bits per heavy atom. The molecule has 8 fully saturated rings. The lowest BCUT2D eigenvalue weighted by Gasteiger charge is -2.55. The van der Waals surface area contributed by atoms with Crippen LogP contribution < -0.4 is 0 Å². The molecule has 0 amide bonds. The summed E-state index contributed by atoms with van der Waals surface area (Å²) in [6, 6.07) is 36.6. The van der Waals surface area contributed by atoms with E-state index in [1.54, 1.807) is 48.5 Å². The zero-order valence-corrected chi connectivity index (χ0v) is 81.2. The van der Waals surface area contributed by atoms with Crippen LogP contribution in [0.1, 0.15) is 287 Å². The van der Waals surface area contributed by atoms with Gasteiger partial charge in [-0.25, -0.2) is 19.2 Å². The van der Waals surface area contributed by atoms with Crippen LogP contribution in [0.2, 0.25) is 0 Å². The van der Waals surface area contributed by atoms with E-state index < -0.39 is 0 Å². The van der Waals surface area contributed by atoms with Gasteiger partial charge in [-0.05, 0) is 261 Å². The summed E-state index contributed by atoms with van der Waals surface area (Å²) in [6.07, 6.45) is 27.1. The third-order valence-electron chi connectivity index (χ3n) is 28.8. The van der Waals surface area contributed by atoms with Gasteiger partial charge in [0.1, 0.15) is 78.9 Å². The number of hydrogen-bond acceptors (Lipinski definition) is 12. The molecule has 0 saturated heterocycles. The van der Waals surface area contributed by atoms with Crippen LogP contribution in [0, 0.1) is 46.3 Å². The lowest BCUT2D eigenvalue weighted by molar-refractivity contribution is -0.927. The maximum atomic E-state index is 13.0. The van der Waals surface area contributed by atoms with E-state index in [4.69, 9.17) is 28.4 Å². The molecule has 0 N–H and O–H groups in total. The van der Waals surface area contributed by atoms with Gasteiger partial charge in [0.05, 0.1) is 152 Å². The van der Waals surface area contributed by atoms with Gasteiger partial charge in [-0.2, -0.15) is 0 Å². The van der Waals surface area contributed by atoms with Gasteiger partial charge in [0.2, 0.25) is 0 Å². The van der Waals surface area contributed by atoms with Gasteiger partial charge < -0.3 is 55.3 Å². The molecule has 4 aromatic carbocycles. The summed E-state index contributed by atoms with van der Waals surface area (Å²) in [6.45, 7) is 59.6. The molecule has 2 atom stereocenters. The van der Waals surface area contributed by atoms with Gasteiger partial charge in [0.15, 0.2) is 0 Å². The molecule has 694 valence electrons. The van der Waals surface area contributed by atoms with Crippen LogP contribution in [0.4, 0.5) is 0 Å². The topological polar surface area (TPSA) is 158 Å². The summed E-state index contributed by atoms with van der Waals surface area (Å²) < 4.78 is 39.4.